The van der Waals surface area contributed by atoms with Gasteiger partial charge in [-0.3, -0.25) is 4.68 Å². The Morgan fingerprint density at radius 2 is 1.52 bits per heavy atom. The molecule has 0 saturated carbocycles. The molecule has 4 aromatic carbocycles. The van der Waals surface area contributed by atoms with Crippen molar-refractivity contribution in [2.45, 2.75) is 99.8 Å². The van der Waals surface area contributed by atoms with E-state index in [1.54, 1.807) is 0 Å². The summed E-state index contributed by atoms with van der Waals surface area (Å²) >= 11 is 0. The maximum atomic E-state index is 6.77. The molecule has 0 bridgehead atoms. The molecule has 54 heavy (non-hydrogen) atoms. The van der Waals surface area contributed by atoms with Gasteiger partial charge in [-0.05, 0) is 96.0 Å². The van der Waals surface area contributed by atoms with E-state index in [1.807, 2.05) is 12.3 Å². The average molecular weight is 896 g/mol. The van der Waals surface area contributed by atoms with Gasteiger partial charge in [-0.2, -0.15) is 11.2 Å². The number of benzene rings is 4. The Hall–Kier alpha value is -4.47. The number of aromatic nitrogens is 4. The van der Waals surface area contributed by atoms with Crippen LogP contribution < -0.4 is 4.74 Å². The molecule has 0 aliphatic heterocycles. The van der Waals surface area contributed by atoms with Crippen LogP contribution in [0.15, 0.2) is 85.1 Å². The smallest absolute Gasteiger partial charge is 0.509 e. The topological polar surface area (TPSA) is 44.9 Å². The number of rotatable bonds is 11. The fourth-order valence-corrected chi connectivity index (χ4v) is 7.68. The molecule has 3 heterocycles. The first kappa shape index (κ1) is 39.2. The Morgan fingerprint density at radius 3 is 2.22 bits per heavy atom. The van der Waals surface area contributed by atoms with Gasteiger partial charge in [0.05, 0.1) is 5.69 Å². The number of hydrogen-bond acceptors (Lipinski definition) is 3. The van der Waals surface area contributed by atoms with Gasteiger partial charge < -0.3 is 9.30 Å². The Morgan fingerprint density at radius 1 is 0.778 bits per heavy atom. The molecule has 7 aromatic rings. The number of ether oxygens (including phenoxy) is 1. The summed E-state index contributed by atoms with van der Waals surface area (Å²) in [6, 6.07) is 35.3. The molecule has 0 spiro atoms. The van der Waals surface area contributed by atoms with Crippen LogP contribution >= 0.6 is 0 Å². The number of fused-ring (bicyclic) bond motifs is 3. The third kappa shape index (κ3) is 7.71. The van der Waals surface area contributed by atoms with E-state index >= 15 is 0 Å². The largest absolute Gasteiger partial charge is 2.00 e. The van der Waals surface area contributed by atoms with Gasteiger partial charge in [0.15, 0.2) is 0 Å². The quantitative estimate of drug-likeness (QED) is 0.122. The maximum absolute atomic E-state index is 6.77. The molecular formula is C48H52N4OPt. The minimum absolute atomic E-state index is 0. The molecule has 0 atom stereocenters. The third-order valence-electron chi connectivity index (χ3n) is 10.1. The van der Waals surface area contributed by atoms with Crippen molar-refractivity contribution >= 4 is 21.8 Å². The van der Waals surface area contributed by atoms with E-state index in [-0.39, 0.29) is 26.5 Å². The summed E-state index contributed by atoms with van der Waals surface area (Å²) in [5, 5.41) is 7.64. The Kier molecular flexibility index (Phi) is 11.7. The molecule has 5 nitrogen and oxygen atoms in total. The number of hydrogen-bond donors (Lipinski definition) is 0. The van der Waals surface area contributed by atoms with Gasteiger partial charge >= 0.3 is 21.1 Å². The summed E-state index contributed by atoms with van der Waals surface area (Å²) in [4.78, 5) is 4.85. The van der Waals surface area contributed by atoms with Crippen molar-refractivity contribution in [2.75, 3.05) is 0 Å². The molecule has 3 aromatic heterocycles. The van der Waals surface area contributed by atoms with Crippen LogP contribution in [0.2, 0.25) is 0 Å². The van der Waals surface area contributed by atoms with Crippen molar-refractivity contribution in [1.82, 2.24) is 19.3 Å². The molecule has 7 rings (SSSR count). The maximum Gasteiger partial charge on any atom is 2.00 e. The van der Waals surface area contributed by atoms with Crippen molar-refractivity contribution in [3.63, 3.8) is 0 Å². The van der Waals surface area contributed by atoms with Crippen LogP contribution in [0.4, 0.5) is 0 Å². The van der Waals surface area contributed by atoms with Gasteiger partial charge in [-0.15, -0.1) is 41.3 Å². The summed E-state index contributed by atoms with van der Waals surface area (Å²) in [6.45, 7) is 20.1. The molecule has 0 N–H and O–H groups in total. The second-order valence-electron chi connectivity index (χ2n) is 16.0. The van der Waals surface area contributed by atoms with E-state index in [1.165, 1.54) is 33.5 Å². The van der Waals surface area contributed by atoms with Crippen molar-refractivity contribution in [3.05, 3.63) is 131 Å². The Balaban J connectivity index is 0.00000497. The third-order valence-corrected chi connectivity index (χ3v) is 10.1. The van der Waals surface area contributed by atoms with E-state index in [2.05, 4.69) is 156 Å². The fourth-order valence-electron chi connectivity index (χ4n) is 7.68. The van der Waals surface area contributed by atoms with Crippen LogP contribution in [0.3, 0.4) is 0 Å². The molecule has 0 fully saturated rings. The van der Waals surface area contributed by atoms with Gasteiger partial charge in [0.2, 0.25) is 0 Å². The predicted octanol–water partition coefficient (Wildman–Crippen LogP) is 12.4. The molecule has 0 radical (unpaired) electrons. The van der Waals surface area contributed by atoms with Gasteiger partial charge in [0.25, 0.3) is 0 Å². The summed E-state index contributed by atoms with van der Waals surface area (Å²) in [7, 11) is 0. The van der Waals surface area contributed by atoms with Crippen LogP contribution in [-0.4, -0.2) is 19.3 Å². The first-order chi connectivity index (χ1) is 25.5. The normalized spacial score (nSPS) is 11.8. The number of nitrogens with zero attached hydrogens (tertiary/aromatic N) is 4. The number of pyridine rings is 1. The standard InChI is InChI=1S/C48H52N4O.Pt/c1-10-15-41-47(46-32(5)17-14-18-33(46)6)43(16-11-2)52(50-41)36-27-35(48(7,8)9)28-38(29-36)53-37-21-22-40-39-19-12-13-20-42(39)51(44(40)30-37)45-26-34(23-24-49-45)25-31(3)4;/h12-14,17-24,26-28,31H,10-11,15-16,25H2,1-9H3;/q-2;+2. The minimum Gasteiger partial charge on any atom is -0.509 e. The van der Waals surface area contributed by atoms with Crippen LogP contribution in [0, 0.1) is 31.9 Å². The Labute approximate surface area is 336 Å². The monoisotopic (exact) mass is 895 g/mol. The van der Waals surface area contributed by atoms with Crippen LogP contribution in [0.25, 0.3) is 44.4 Å². The summed E-state index contributed by atoms with van der Waals surface area (Å²) in [5.41, 5.74) is 12.7. The molecule has 0 unspecified atom stereocenters. The molecule has 0 amide bonds. The van der Waals surface area contributed by atoms with Crippen molar-refractivity contribution in [1.29, 1.82) is 0 Å². The molecule has 0 saturated heterocycles. The number of aryl methyl sites for hydroxylation is 3. The van der Waals surface area contributed by atoms with Crippen molar-refractivity contribution in [3.8, 4) is 34.1 Å². The van der Waals surface area contributed by atoms with E-state index in [9.17, 15) is 0 Å². The zero-order chi connectivity index (χ0) is 37.4. The molecule has 6 heteroatoms. The predicted molar refractivity (Wildman–Crippen MR) is 220 cm³/mol. The minimum atomic E-state index is -0.130. The summed E-state index contributed by atoms with van der Waals surface area (Å²) in [6.07, 6.45) is 6.76. The molecule has 0 aliphatic rings. The van der Waals surface area contributed by atoms with Crippen molar-refractivity contribution < 1.29 is 25.8 Å². The molecular weight excluding hydrogens is 844 g/mol. The van der Waals surface area contributed by atoms with Gasteiger partial charge in [0.1, 0.15) is 5.82 Å². The van der Waals surface area contributed by atoms with E-state index in [0.29, 0.717) is 17.4 Å². The number of para-hydroxylation sites is 1. The van der Waals surface area contributed by atoms with Crippen LogP contribution in [0.5, 0.6) is 11.5 Å². The van der Waals surface area contributed by atoms with E-state index in [0.717, 1.165) is 76.7 Å². The zero-order valence-corrected chi connectivity index (χ0v) is 35.5. The second-order valence-corrected chi connectivity index (χ2v) is 16.0. The summed E-state index contributed by atoms with van der Waals surface area (Å²) < 4.78 is 11.1. The average Bonchev–Trinajstić information content (AvgIpc) is 3.63. The molecule has 280 valence electrons. The van der Waals surface area contributed by atoms with E-state index < -0.39 is 0 Å². The second kappa shape index (κ2) is 16.1. The van der Waals surface area contributed by atoms with Crippen LogP contribution in [-0.2, 0) is 45.7 Å². The van der Waals surface area contributed by atoms with Crippen LogP contribution in [0.1, 0.15) is 94.9 Å². The Bertz CT molecular complexity index is 2410. The van der Waals surface area contributed by atoms with Crippen molar-refractivity contribution in [2.24, 2.45) is 5.92 Å². The van der Waals surface area contributed by atoms with Gasteiger partial charge in [-0.25, -0.2) is 4.98 Å². The zero-order valence-electron chi connectivity index (χ0n) is 33.2. The first-order valence-corrected chi connectivity index (χ1v) is 19.3. The van der Waals surface area contributed by atoms with E-state index in [4.69, 9.17) is 14.8 Å². The first-order valence-electron chi connectivity index (χ1n) is 19.3. The van der Waals surface area contributed by atoms with Gasteiger partial charge in [0, 0.05) is 34.5 Å². The SMILES string of the molecule is CCCc1nn(-c2[c-]c(Oc3[c-]c4c(cc3)c3ccccc3n4-c3cc(CC(C)C)ccn3)cc(C(C)(C)C)c2)c(CCC)c1-c1c(C)cccc1C.[Pt+2]. The fraction of sp³-hybridized carbons (Fsp3) is 0.333. The summed E-state index contributed by atoms with van der Waals surface area (Å²) in [5.74, 6) is 2.71. The molecule has 0 aliphatic carbocycles. The van der Waals surface area contributed by atoms with Gasteiger partial charge in [-0.1, -0.05) is 103 Å².